The summed E-state index contributed by atoms with van der Waals surface area (Å²) in [6.07, 6.45) is 1.30. The Bertz CT molecular complexity index is 289. The van der Waals surface area contributed by atoms with Crippen molar-refractivity contribution in [3.63, 3.8) is 0 Å². The van der Waals surface area contributed by atoms with Gasteiger partial charge in [0.2, 0.25) is 0 Å². The molecule has 0 saturated carbocycles. The van der Waals surface area contributed by atoms with Gasteiger partial charge in [-0.25, -0.2) is 0 Å². The van der Waals surface area contributed by atoms with Crippen molar-refractivity contribution in [1.29, 1.82) is 0 Å². The molecule has 3 nitrogen and oxygen atoms in total. The first-order chi connectivity index (χ1) is 6.11. The van der Waals surface area contributed by atoms with Crippen LogP contribution in [0, 0.1) is 6.92 Å². The van der Waals surface area contributed by atoms with Crippen molar-refractivity contribution >= 4 is 17.3 Å². The van der Waals surface area contributed by atoms with E-state index in [1.807, 2.05) is 6.92 Å². The summed E-state index contributed by atoms with van der Waals surface area (Å²) in [6.45, 7) is 4.05. The molecule has 1 aromatic heterocycles. The molecule has 0 bridgehead atoms. The Hall–Kier alpha value is -0.800. The van der Waals surface area contributed by atoms with E-state index in [4.69, 9.17) is 16.7 Å². The minimum atomic E-state index is -0.385. The van der Waals surface area contributed by atoms with Crippen molar-refractivity contribution in [1.82, 2.24) is 4.98 Å². The highest BCUT2D eigenvalue weighted by molar-refractivity contribution is 6.33. The number of aliphatic hydroxyl groups is 1. The third kappa shape index (κ3) is 2.86. The number of nitrogens with one attached hydrogen (secondary N) is 1. The molecule has 0 aliphatic carbocycles. The molecule has 2 N–H and O–H groups in total. The molecular weight excluding hydrogens is 188 g/mol. The normalized spacial score (nSPS) is 12.6. The molecule has 4 heteroatoms. The second kappa shape index (κ2) is 4.44. The van der Waals surface area contributed by atoms with E-state index >= 15 is 0 Å². The Kier molecular flexibility index (Phi) is 3.51. The molecule has 1 rings (SSSR count). The number of hydrogen-bond acceptors (Lipinski definition) is 3. The molecule has 0 aromatic carbocycles. The van der Waals surface area contributed by atoms with Gasteiger partial charge in [-0.15, -0.1) is 0 Å². The summed E-state index contributed by atoms with van der Waals surface area (Å²) in [6, 6.07) is 1.79. The Labute approximate surface area is 82.8 Å². The summed E-state index contributed by atoms with van der Waals surface area (Å²) in [5.74, 6) is 0. The van der Waals surface area contributed by atoms with Crippen LogP contribution in [0.3, 0.4) is 0 Å². The summed E-state index contributed by atoms with van der Waals surface area (Å²) < 4.78 is 0. The SMILES string of the molecule is Cc1nccc(NCC(C)O)c1Cl. The van der Waals surface area contributed by atoms with Gasteiger partial charge in [-0.1, -0.05) is 11.6 Å². The van der Waals surface area contributed by atoms with Crippen molar-refractivity contribution in [2.75, 3.05) is 11.9 Å². The van der Waals surface area contributed by atoms with Crippen LogP contribution in [0.25, 0.3) is 0 Å². The summed E-state index contributed by atoms with van der Waals surface area (Å²) >= 11 is 5.97. The van der Waals surface area contributed by atoms with Crippen molar-refractivity contribution in [3.05, 3.63) is 23.0 Å². The standard InChI is InChI=1S/C9H13ClN2O/c1-6(13)5-12-8-3-4-11-7(2)9(8)10/h3-4,6,13H,5H2,1-2H3,(H,11,12). The van der Waals surface area contributed by atoms with Gasteiger partial charge in [0.1, 0.15) is 0 Å². The second-order valence-corrected chi connectivity index (χ2v) is 3.37. The van der Waals surface area contributed by atoms with Crippen LogP contribution in [0.5, 0.6) is 0 Å². The highest BCUT2D eigenvalue weighted by Gasteiger charge is 2.03. The van der Waals surface area contributed by atoms with Gasteiger partial charge >= 0.3 is 0 Å². The zero-order valence-electron chi connectivity index (χ0n) is 7.71. The summed E-state index contributed by atoms with van der Waals surface area (Å²) in [5.41, 5.74) is 1.60. The third-order valence-electron chi connectivity index (χ3n) is 1.65. The first-order valence-corrected chi connectivity index (χ1v) is 4.52. The molecule has 0 radical (unpaired) electrons. The molecule has 0 aliphatic heterocycles. The Morgan fingerprint density at radius 1 is 1.69 bits per heavy atom. The molecule has 0 spiro atoms. The number of anilines is 1. The maximum absolute atomic E-state index is 9.05. The molecule has 72 valence electrons. The van der Waals surface area contributed by atoms with Gasteiger partial charge in [0.05, 0.1) is 22.5 Å². The largest absolute Gasteiger partial charge is 0.392 e. The number of aromatic nitrogens is 1. The highest BCUT2D eigenvalue weighted by atomic mass is 35.5. The van der Waals surface area contributed by atoms with Crippen LogP contribution in [0.4, 0.5) is 5.69 Å². The quantitative estimate of drug-likeness (QED) is 0.783. The number of rotatable bonds is 3. The summed E-state index contributed by atoms with van der Waals surface area (Å²) in [4.78, 5) is 4.03. The van der Waals surface area contributed by atoms with E-state index in [-0.39, 0.29) is 6.10 Å². The lowest BCUT2D eigenvalue weighted by Crippen LogP contribution is -2.15. The minimum Gasteiger partial charge on any atom is -0.392 e. The van der Waals surface area contributed by atoms with Crippen LogP contribution in [0.15, 0.2) is 12.3 Å². The first kappa shape index (κ1) is 10.3. The molecule has 1 heterocycles. The van der Waals surface area contributed by atoms with Gasteiger partial charge in [0, 0.05) is 12.7 Å². The lowest BCUT2D eigenvalue weighted by Gasteiger charge is -2.10. The van der Waals surface area contributed by atoms with E-state index in [0.29, 0.717) is 11.6 Å². The maximum atomic E-state index is 9.05. The van der Waals surface area contributed by atoms with Gasteiger partial charge in [-0.3, -0.25) is 4.98 Å². The van der Waals surface area contributed by atoms with E-state index in [2.05, 4.69) is 10.3 Å². The topological polar surface area (TPSA) is 45.2 Å². The molecule has 0 saturated heterocycles. The Morgan fingerprint density at radius 2 is 2.38 bits per heavy atom. The van der Waals surface area contributed by atoms with Crippen LogP contribution >= 0.6 is 11.6 Å². The van der Waals surface area contributed by atoms with Crippen LogP contribution in [-0.4, -0.2) is 22.7 Å². The van der Waals surface area contributed by atoms with Crippen LogP contribution in [-0.2, 0) is 0 Å². The fraction of sp³-hybridized carbons (Fsp3) is 0.444. The van der Waals surface area contributed by atoms with Crippen molar-refractivity contribution < 1.29 is 5.11 Å². The Balaban J connectivity index is 2.71. The highest BCUT2D eigenvalue weighted by Crippen LogP contribution is 2.22. The lowest BCUT2D eigenvalue weighted by molar-refractivity contribution is 0.208. The zero-order chi connectivity index (χ0) is 9.84. The fourth-order valence-electron chi connectivity index (χ4n) is 0.943. The number of hydrogen-bond donors (Lipinski definition) is 2. The summed E-state index contributed by atoms with van der Waals surface area (Å²) in [5, 5.41) is 12.7. The Morgan fingerprint density at radius 3 is 3.00 bits per heavy atom. The average Bonchev–Trinajstić information content (AvgIpc) is 2.07. The number of aliphatic hydroxyl groups excluding tert-OH is 1. The average molecular weight is 201 g/mol. The van der Waals surface area contributed by atoms with E-state index in [0.717, 1.165) is 11.4 Å². The second-order valence-electron chi connectivity index (χ2n) is 2.99. The fourth-order valence-corrected chi connectivity index (χ4v) is 1.12. The van der Waals surface area contributed by atoms with Crippen molar-refractivity contribution in [3.8, 4) is 0 Å². The molecule has 1 atom stereocenters. The molecule has 1 aromatic rings. The van der Waals surface area contributed by atoms with E-state index in [1.165, 1.54) is 0 Å². The molecular formula is C9H13ClN2O. The van der Waals surface area contributed by atoms with Gasteiger partial charge in [0.15, 0.2) is 0 Å². The van der Waals surface area contributed by atoms with Gasteiger partial charge < -0.3 is 10.4 Å². The van der Waals surface area contributed by atoms with Crippen molar-refractivity contribution in [2.45, 2.75) is 20.0 Å². The number of pyridine rings is 1. The predicted octanol–water partition coefficient (Wildman–Crippen LogP) is 1.84. The van der Waals surface area contributed by atoms with Gasteiger partial charge in [0.25, 0.3) is 0 Å². The number of nitrogens with zero attached hydrogens (tertiary/aromatic N) is 1. The van der Waals surface area contributed by atoms with Gasteiger partial charge in [-0.05, 0) is 19.9 Å². The summed E-state index contributed by atoms with van der Waals surface area (Å²) in [7, 11) is 0. The van der Waals surface area contributed by atoms with E-state index in [1.54, 1.807) is 19.2 Å². The maximum Gasteiger partial charge on any atom is 0.0849 e. The molecule has 1 unspecified atom stereocenters. The third-order valence-corrected chi connectivity index (χ3v) is 2.13. The van der Waals surface area contributed by atoms with Crippen LogP contribution in [0.1, 0.15) is 12.6 Å². The molecule has 0 amide bonds. The molecule has 0 aliphatic rings. The predicted molar refractivity (Wildman–Crippen MR) is 54.2 cm³/mol. The first-order valence-electron chi connectivity index (χ1n) is 4.14. The van der Waals surface area contributed by atoms with E-state index < -0.39 is 0 Å². The van der Waals surface area contributed by atoms with Gasteiger partial charge in [-0.2, -0.15) is 0 Å². The molecule has 0 fully saturated rings. The number of aryl methyl sites for hydroxylation is 1. The lowest BCUT2D eigenvalue weighted by atomic mass is 10.3. The van der Waals surface area contributed by atoms with E-state index in [9.17, 15) is 0 Å². The number of halogens is 1. The monoisotopic (exact) mass is 200 g/mol. The van der Waals surface area contributed by atoms with Crippen LogP contribution < -0.4 is 5.32 Å². The minimum absolute atomic E-state index is 0.385. The molecule has 13 heavy (non-hydrogen) atoms. The zero-order valence-corrected chi connectivity index (χ0v) is 8.47. The van der Waals surface area contributed by atoms with Crippen molar-refractivity contribution in [2.24, 2.45) is 0 Å². The van der Waals surface area contributed by atoms with Crippen LogP contribution in [0.2, 0.25) is 5.02 Å². The smallest absolute Gasteiger partial charge is 0.0849 e.